The minimum absolute atomic E-state index is 0.700. The van der Waals surface area contributed by atoms with Gasteiger partial charge in [-0.1, -0.05) is 23.8 Å². The van der Waals surface area contributed by atoms with Crippen molar-refractivity contribution >= 4 is 0 Å². The molecule has 0 amide bonds. The van der Waals surface area contributed by atoms with Crippen molar-refractivity contribution in [2.24, 2.45) is 0 Å². The third kappa shape index (κ3) is 2.76. The van der Waals surface area contributed by atoms with Crippen LogP contribution in [0, 0.1) is 13.8 Å². The molecule has 1 saturated carbocycles. The molecular weight excluding hydrogens is 220 g/mol. The van der Waals surface area contributed by atoms with Crippen molar-refractivity contribution < 1.29 is 0 Å². The van der Waals surface area contributed by atoms with Gasteiger partial charge in [0.2, 0.25) is 0 Å². The number of aryl methyl sites for hydroxylation is 2. The predicted molar refractivity (Wildman–Crippen MR) is 75.8 cm³/mol. The lowest BCUT2D eigenvalue weighted by atomic mass is 10.1. The van der Waals surface area contributed by atoms with E-state index in [1.165, 1.54) is 49.0 Å². The van der Waals surface area contributed by atoms with E-state index in [4.69, 9.17) is 0 Å². The summed E-state index contributed by atoms with van der Waals surface area (Å²) in [4.78, 5) is 2.67. The molecular formula is C16H24N2. The number of nitrogens with zero attached hydrogens (tertiary/aromatic N) is 1. The third-order valence-electron chi connectivity index (χ3n) is 4.37. The molecule has 0 aromatic heterocycles. The molecule has 1 atom stereocenters. The van der Waals surface area contributed by atoms with Crippen LogP contribution in [0.15, 0.2) is 18.2 Å². The molecule has 98 valence electrons. The summed E-state index contributed by atoms with van der Waals surface area (Å²) >= 11 is 0. The average Bonchev–Trinajstić information content (AvgIpc) is 3.10. The first-order valence-electron chi connectivity index (χ1n) is 7.26. The van der Waals surface area contributed by atoms with E-state index in [9.17, 15) is 0 Å². The highest BCUT2D eigenvalue weighted by atomic mass is 15.2. The van der Waals surface area contributed by atoms with Crippen molar-refractivity contribution in [3.63, 3.8) is 0 Å². The average molecular weight is 244 g/mol. The SMILES string of the molecule is Cc1ccc(C)c(CNC2CCN(C3CC3)C2)c1. The smallest absolute Gasteiger partial charge is 0.0211 e. The maximum absolute atomic E-state index is 3.74. The summed E-state index contributed by atoms with van der Waals surface area (Å²) in [5.41, 5.74) is 4.23. The molecule has 1 aromatic carbocycles. The largest absolute Gasteiger partial charge is 0.309 e. The lowest BCUT2D eigenvalue weighted by Crippen LogP contribution is -2.33. The second kappa shape index (κ2) is 5.02. The summed E-state index contributed by atoms with van der Waals surface area (Å²) in [7, 11) is 0. The number of hydrogen-bond acceptors (Lipinski definition) is 2. The van der Waals surface area contributed by atoms with Crippen molar-refractivity contribution in [1.82, 2.24) is 10.2 Å². The highest BCUT2D eigenvalue weighted by Crippen LogP contribution is 2.29. The van der Waals surface area contributed by atoms with E-state index in [1.807, 2.05) is 0 Å². The fraction of sp³-hybridized carbons (Fsp3) is 0.625. The molecule has 1 aliphatic heterocycles. The Labute approximate surface area is 110 Å². The Kier molecular flexibility index (Phi) is 3.40. The summed E-state index contributed by atoms with van der Waals surface area (Å²) in [6, 6.07) is 8.37. The van der Waals surface area contributed by atoms with Crippen molar-refractivity contribution in [3.8, 4) is 0 Å². The highest BCUT2D eigenvalue weighted by Gasteiger charge is 2.33. The van der Waals surface area contributed by atoms with Gasteiger partial charge in [-0.2, -0.15) is 0 Å². The number of hydrogen-bond donors (Lipinski definition) is 1. The fourth-order valence-corrected chi connectivity index (χ4v) is 2.97. The quantitative estimate of drug-likeness (QED) is 0.876. The van der Waals surface area contributed by atoms with Gasteiger partial charge in [0.25, 0.3) is 0 Å². The minimum Gasteiger partial charge on any atom is -0.309 e. The topological polar surface area (TPSA) is 15.3 Å². The van der Waals surface area contributed by atoms with E-state index >= 15 is 0 Å². The number of benzene rings is 1. The van der Waals surface area contributed by atoms with Crippen LogP contribution in [0.2, 0.25) is 0 Å². The minimum atomic E-state index is 0.700. The standard InChI is InChI=1S/C16H24N2/c1-12-3-4-13(2)14(9-12)10-17-15-7-8-18(11-15)16-5-6-16/h3-4,9,15-17H,5-8,10-11H2,1-2H3. The van der Waals surface area contributed by atoms with Crippen molar-refractivity contribution in [3.05, 3.63) is 34.9 Å². The Morgan fingerprint density at radius 1 is 1.22 bits per heavy atom. The Morgan fingerprint density at radius 3 is 2.83 bits per heavy atom. The Hall–Kier alpha value is -0.860. The van der Waals surface area contributed by atoms with E-state index < -0.39 is 0 Å². The summed E-state index contributed by atoms with van der Waals surface area (Å²) in [6.45, 7) is 7.97. The predicted octanol–water partition coefficient (Wildman–Crippen LogP) is 2.63. The van der Waals surface area contributed by atoms with Crippen LogP contribution in [-0.2, 0) is 6.54 Å². The van der Waals surface area contributed by atoms with Crippen LogP contribution in [0.4, 0.5) is 0 Å². The molecule has 2 heteroatoms. The molecule has 0 bridgehead atoms. The first-order valence-corrected chi connectivity index (χ1v) is 7.26. The van der Waals surface area contributed by atoms with Gasteiger partial charge in [-0.3, -0.25) is 4.90 Å². The molecule has 1 saturated heterocycles. The molecule has 0 spiro atoms. The number of likely N-dealkylation sites (tertiary alicyclic amines) is 1. The molecule has 1 N–H and O–H groups in total. The van der Waals surface area contributed by atoms with E-state index in [0.29, 0.717) is 6.04 Å². The number of nitrogens with one attached hydrogen (secondary N) is 1. The Balaban J connectivity index is 1.53. The maximum atomic E-state index is 3.74. The normalized spacial score (nSPS) is 24.7. The third-order valence-corrected chi connectivity index (χ3v) is 4.37. The second-order valence-corrected chi connectivity index (χ2v) is 6.02. The van der Waals surface area contributed by atoms with Crippen LogP contribution in [0.1, 0.15) is 36.0 Å². The lowest BCUT2D eigenvalue weighted by Gasteiger charge is -2.16. The van der Waals surface area contributed by atoms with Gasteiger partial charge in [-0.05, 0) is 44.2 Å². The zero-order valence-corrected chi connectivity index (χ0v) is 11.6. The van der Waals surface area contributed by atoms with Crippen LogP contribution < -0.4 is 5.32 Å². The van der Waals surface area contributed by atoms with Crippen molar-refractivity contribution in [2.45, 2.75) is 51.7 Å². The molecule has 2 fully saturated rings. The van der Waals surface area contributed by atoms with E-state index in [-0.39, 0.29) is 0 Å². The molecule has 18 heavy (non-hydrogen) atoms. The van der Waals surface area contributed by atoms with Gasteiger partial charge >= 0.3 is 0 Å². The van der Waals surface area contributed by atoms with Gasteiger partial charge in [-0.25, -0.2) is 0 Å². The summed E-state index contributed by atoms with van der Waals surface area (Å²) in [6.07, 6.45) is 4.19. The van der Waals surface area contributed by atoms with Crippen molar-refractivity contribution in [2.75, 3.05) is 13.1 Å². The molecule has 3 rings (SSSR count). The van der Waals surface area contributed by atoms with Gasteiger partial charge in [0.1, 0.15) is 0 Å². The van der Waals surface area contributed by atoms with Gasteiger partial charge in [0, 0.05) is 31.7 Å². The van der Waals surface area contributed by atoms with Gasteiger partial charge in [0.15, 0.2) is 0 Å². The van der Waals surface area contributed by atoms with Crippen molar-refractivity contribution in [1.29, 1.82) is 0 Å². The highest BCUT2D eigenvalue weighted by molar-refractivity contribution is 5.30. The van der Waals surface area contributed by atoms with Gasteiger partial charge < -0.3 is 5.32 Å². The van der Waals surface area contributed by atoms with Gasteiger partial charge in [-0.15, -0.1) is 0 Å². The van der Waals surface area contributed by atoms with Crippen LogP contribution >= 0.6 is 0 Å². The maximum Gasteiger partial charge on any atom is 0.0211 e. The lowest BCUT2D eigenvalue weighted by molar-refractivity contribution is 0.317. The zero-order valence-electron chi connectivity index (χ0n) is 11.6. The monoisotopic (exact) mass is 244 g/mol. The number of rotatable bonds is 4. The van der Waals surface area contributed by atoms with Crippen LogP contribution in [0.25, 0.3) is 0 Å². The molecule has 1 unspecified atom stereocenters. The first-order chi connectivity index (χ1) is 8.72. The van der Waals surface area contributed by atoms with E-state index in [1.54, 1.807) is 0 Å². The van der Waals surface area contributed by atoms with E-state index in [0.717, 1.165) is 12.6 Å². The molecule has 1 aromatic rings. The zero-order chi connectivity index (χ0) is 12.5. The summed E-state index contributed by atoms with van der Waals surface area (Å²) in [5.74, 6) is 0. The summed E-state index contributed by atoms with van der Waals surface area (Å²) in [5, 5.41) is 3.74. The summed E-state index contributed by atoms with van der Waals surface area (Å²) < 4.78 is 0. The molecule has 2 aliphatic rings. The molecule has 0 radical (unpaired) electrons. The van der Waals surface area contributed by atoms with Gasteiger partial charge in [0.05, 0.1) is 0 Å². The van der Waals surface area contributed by atoms with Crippen LogP contribution in [0.5, 0.6) is 0 Å². The first kappa shape index (κ1) is 12.2. The molecule has 1 aliphatic carbocycles. The Morgan fingerprint density at radius 2 is 2.06 bits per heavy atom. The Bertz CT molecular complexity index is 423. The van der Waals surface area contributed by atoms with E-state index in [2.05, 4.69) is 42.3 Å². The van der Waals surface area contributed by atoms with Crippen LogP contribution in [-0.4, -0.2) is 30.1 Å². The molecule has 2 nitrogen and oxygen atoms in total. The fourth-order valence-electron chi connectivity index (χ4n) is 2.97. The second-order valence-electron chi connectivity index (χ2n) is 6.02. The molecule has 1 heterocycles. The van der Waals surface area contributed by atoms with Crippen LogP contribution in [0.3, 0.4) is 0 Å².